The molecule has 114 valence electrons. The lowest BCUT2D eigenvalue weighted by molar-refractivity contribution is 0.0523. The van der Waals surface area contributed by atoms with Crippen LogP contribution in [0.1, 0.15) is 66.2 Å². The van der Waals surface area contributed by atoms with Crippen molar-refractivity contribution in [2.75, 3.05) is 6.61 Å². The van der Waals surface area contributed by atoms with E-state index in [-0.39, 0.29) is 17.2 Å². The van der Waals surface area contributed by atoms with Crippen LogP contribution in [0.4, 0.5) is 0 Å². The molecule has 0 amide bonds. The summed E-state index contributed by atoms with van der Waals surface area (Å²) >= 11 is 2.09. The number of fused-ring (bicyclic) bond motifs is 1. The van der Waals surface area contributed by atoms with Crippen LogP contribution >= 0.6 is 22.6 Å². The Balaban J connectivity index is 2.64. The SMILES string of the molecule is CCOC(=O)c1c(CC)nc2c(c1I)C(=O)CC(C)(C)C2. The van der Waals surface area contributed by atoms with E-state index in [1.807, 2.05) is 6.92 Å². The first kappa shape index (κ1) is 16.4. The highest BCUT2D eigenvalue weighted by atomic mass is 127. The fourth-order valence-electron chi connectivity index (χ4n) is 2.77. The lowest BCUT2D eigenvalue weighted by Gasteiger charge is -2.30. The molecule has 21 heavy (non-hydrogen) atoms. The van der Waals surface area contributed by atoms with Crippen LogP contribution in [0.25, 0.3) is 0 Å². The third kappa shape index (κ3) is 3.12. The Hall–Kier alpha value is -0.980. The highest BCUT2D eigenvalue weighted by Crippen LogP contribution is 2.37. The first-order valence-electron chi connectivity index (χ1n) is 7.22. The Bertz CT molecular complexity index is 608. The fourth-order valence-corrected chi connectivity index (χ4v) is 3.91. The van der Waals surface area contributed by atoms with E-state index >= 15 is 0 Å². The Morgan fingerprint density at radius 1 is 1.33 bits per heavy atom. The summed E-state index contributed by atoms with van der Waals surface area (Å²) in [5.41, 5.74) is 2.56. The molecule has 0 spiro atoms. The van der Waals surface area contributed by atoms with E-state index in [0.717, 1.165) is 17.8 Å². The molecule has 1 aliphatic carbocycles. The van der Waals surface area contributed by atoms with Gasteiger partial charge in [-0.2, -0.15) is 0 Å². The lowest BCUT2D eigenvalue weighted by atomic mass is 9.75. The van der Waals surface area contributed by atoms with E-state index in [1.54, 1.807) is 6.92 Å². The number of nitrogens with zero attached hydrogens (tertiary/aromatic N) is 1. The molecule has 1 aromatic rings. The monoisotopic (exact) mass is 401 g/mol. The highest BCUT2D eigenvalue weighted by Gasteiger charge is 2.36. The van der Waals surface area contributed by atoms with Crippen LogP contribution in [0.5, 0.6) is 0 Å². The standard InChI is InChI=1S/C16H20INO3/c1-5-9-13(15(20)21-6-2)14(17)12-10(18-9)7-16(3,4)8-11(12)19/h5-8H2,1-4H3. The van der Waals surface area contributed by atoms with Gasteiger partial charge in [-0.05, 0) is 47.8 Å². The average molecular weight is 401 g/mol. The van der Waals surface area contributed by atoms with Crippen molar-refractivity contribution in [2.45, 2.75) is 47.0 Å². The van der Waals surface area contributed by atoms with Crippen molar-refractivity contribution < 1.29 is 14.3 Å². The predicted molar refractivity (Wildman–Crippen MR) is 88.7 cm³/mol. The fraction of sp³-hybridized carbons (Fsp3) is 0.562. The number of ketones is 1. The van der Waals surface area contributed by atoms with E-state index < -0.39 is 0 Å². The number of carbonyl (C=O) groups excluding carboxylic acids is 2. The Morgan fingerprint density at radius 2 is 2.00 bits per heavy atom. The molecule has 0 aromatic carbocycles. The summed E-state index contributed by atoms with van der Waals surface area (Å²) in [5, 5.41) is 0. The molecule has 1 aromatic heterocycles. The molecule has 0 bridgehead atoms. The Kier molecular flexibility index (Phi) is 4.70. The van der Waals surface area contributed by atoms with Crippen LogP contribution in [0.3, 0.4) is 0 Å². The summed E-state index contributed by atoms with van der Waals surface area (Å²) in [6, 6.07) is 0. The van der Waals surface area contributed by atoms with Crippen molar-refractivity contribution in [1.29, 1.82) is 0 Å². The van der Waals surface area contributed by atoms with Crippen molar-refractivity contribution in [1.82, 2.24) is 4.98 Å². The Morgan fingerprint density at radius 3 is 2.57 bits per heavy atom. The quantitative estimate of drug-likeness (QED) is 0.574. The molecular weight excluding hydrogens is 381 g/mol. The van der Waals surface area contributed by atoms with Crippen molar-refractivity contribution in [3.8, 4) is 0 Å². The summed E-state index contributed by atoms with van der Waals surface area (Å²) in [7, 11) is 0. The number of hydrogen-bond acceptors (Lipinski definition) is 4. The normalized spacial score (nSPS) is 16.5. The maximum atomic E-state index is 12.5. The lowest BCUT2D eigenvalue weighted by Crippen LogP contribution is -2.30. The molecule has 0 N–H and O–H groups in total. The second kappa shape index (κ2) is 6.02. The van der Waals surface area contributed by atoms with Crippen molar-refractivity contribution in [3.05, 3.63) is 26.1 Å². The van der Waals surface area contributed by atoms with Gasteiger partial charge >= 0.3 is 5.97 Å². The minimum atomic E-state index is -0.383. The number of aromatic nitrogens is 1. The summed E-state index contributed by atoms with van der Waals surface area (Å²) in [4.78, 5) is 29.3. The number of hydrogen-bond donors (Lipinski definition) is 0. The number of halogens is 1. The molecular formula is C16H20INO3. The summed E-state index contributed by atoms with van der Waals surface area (Å²) < 4.78 is 5.83. The first-order valence-corrected chi connectivity index (χ1v) is 8.30. The number of ether oxygens (including phenoxy) is 1. The third-order valence-electron chi connectivity index (χ3n) is 3.66. The number of pyridine rings is 1. The molecule has 0 saturated heterocycles. The zero-order valence-electron chi connectivity index (χ0n) is 12.9. The molecule has 5 heteroatoms. The van der Waals surface area contributed by atoms with Gasteiger partial charge in [-0.25, -0.2) is 4.79 Å². The van der Waals surface area contributed by atoms with Gasteiger partial charge in [0.15, 0.2) is 5.78 Å². The van der Waals surface area contributed by atoms with Crippen molar-refractivity contribution >= 4 is 34.3 Å². The van der Waals surface area contributed by atoms with Gasteiger partial charge in [0.25, 0.3) is 0 Å². The van der Waals surface area contributed by atoms with Gasteiger partial charge in [0.2, 0.25) is 0 Å². The van der Waals surface area contributed by atoms with Gasteiger partial charge in [0.05, 0.1) is 29.1 Å². The third-order valence-corrected chi connectivity index (χ3v) is 4.74. The molecule has 0 aliphatic heterocycles. The average Bonchev–Trinajstić information content (AvgIpc) is 2.35. The molecule has 0 fully saturated rings. The molecule has 0 unspecified atom stereocenters. The maximum absolute atomic E-state index is 12.5. The number of aryl methyl sites for hydroxylation is 1. The molecule has 2 rings (SSSR count). The molecule has 1 heterocycles. The zero-order chi connectivity index (χ0) is 15.8. The Labute approximate surface area is 138 Å². The molecule has 0 radical (unpaired) electrons. The highest BCUT2D eigenvalue weighted by molar-refractivity contribution is 14.1. The van der Waals surface area contributed by atoms with Crippen LogP contribution in [0.2, 0.25) is 0 Å². The molecule has 0 saturated carbocycles. The van der Waals surface area contributed by atoms with E-state index in [9.17, 15) is 9.59 Å². The smallest absolute Gasteiger partial charge is 0.341 e. The van der Waals surface area contributed by atoms with E-state index in [4.69, 9.17) is 4.74 Å². The van der Waals surface area contributed by atoms with Crippen LogP contribution in [-0.4, -0.2) is 23.3 Å². The van der Waals surface area contributed by atoms with Gasteiger partial charge in [0.1, 0.15) is 0 Å². The largest absolute Gasteiger partial charge is 0.462 e. The molecule has 0 atom stereocenters. The maximum Gasteiger partial charge on any atom is 0.341 e. The summed E-state index contributed by atoms with van der Waals surface area (Å²) in [6.45, 7) is 8.20. The first-order chi connectivity index (χ1) is 9.80. The second-order valence-electron chi connectivity index (χ2n) is 6.08. The molecule has 4 nitrogen and oxygen atoms in total. The summed E-state index contributed by atoms with van der Waals surface area (Å²) in [5.74, 6) is -0.307. The van der Waals surface area contributed by atoms with Crippen LogP contribution in [0.15, 0.2) is 0 Å². The van der Waals surface area contributed by atoms with E-state index in [1.165, 1.54) is 0 Å². The van der Waals surface area contributed by atoms with Crippen molar-refractivity contribution in [2.24, 2.45) is 5.41 Å². The van der Waals surface area contributed by atoms with Crippen molar-refractivity contribution in [3.63, 3.8) is 0 Å². The van der Waals surface area contributed by atoms with E-state index in [0.29, 0.717) is 34.1 Å². The van der Waals surface area contributed by atoms with Crippen LogP contribution in [-0.2, 0) is 17.6 Å². The second-order valence-corrected chi connectivity index (χ2v) is 7.16. The predicted octanol–water partition coefficient (Wildman–Crippen LogP) is 3.58. The zero-order valence-corrected chi connectivity index (χ0v) is 15.0. The number of rotatable bonds is 3. The van der Waals surface area contributed by atoms with Gasteiger partial charge in [-0.1, -0.05) is 20.8 Å². The number of esters is 1. The minimum absolute atomic E-state index is 0.0728. The van der Waals surface area contributed by atoms with Gasteiger partial charge in [-0.3, -0.25) is 9.78 Å². The van der Waals surface area contributed by atoms with Gasteiger partial charge < -0.3 is 4.74 Å². The molecule has 1 aliphatic rings. The number of Topliss-reactive ketones (excluding diaryl/α,β-unsaturated/α-hetero) is 1. The van der Waals surface area contributed by atoms with Gasteiger partial charge in [0, 0.05) is 9.99 Å². The van der Waals surface area contributed by atoms with E-state index in [2.05, 4.69) is 41.4 Å². The minimum Gasteiger partial charge on any atom is -0.462 e. The summed E-state index contributed by atoms with van der Waals surface area (Å²) in [6.07, 6.45) is 1.90. The topological polar surface area (TPSA) is 56.3 Å². The number of carbonyl (C=O) groups is 2. The van der Waals surface area contributed by atoms with Gasteiger partial charge in [-0.15, -0.1) is 0 Å². The van der Waals surface area contributed by atoms with Crippen LogP contribution < -0.4 is 0 Å². The van der Waals surface area contributed by atoms with Crippen LogP contribution in [0, 0.1) is 8.99 Å².